The summed E-state index contributed by atoms with van der Waals surface area (Å²) in [5.41, 5.74) is 1.69. The molecule has 0 unspecified atom stereocenters. The molecular formula is C23H20N2O5. The molecule has 1 amide bonds. The van der Waals surface area contributed by atoms with Gasteiger partial charge < -0.3 is 14.9 Å². The number of para-hydroxylation sites is 1. The van der Waals surface area contributed by atoms with Crippen molar-refractivity contribution in [2.24, 2.45) is 5.10 Å². The molecule has 0 bridgehead atoms. The van der Waals surface area contributed by atoms with Crippen molar-refractivity contribution < 1.29 is 24.5 Å². The fraction of sp³-hybridized carbons (Fsp3) is 0.0870. The van der Waals surface area contributed by atoms with Crippen molar-refractivity contribution in [2.75, 3.05) is 6.61 Å². The third-order valence-corrected chi connectivity index (χ3v) is 4.35. The average molecular weight is 404 g/mol. The number of carboxylic acid groups (broad SMARTS) is 1. The number of amides is 1. The maximum Gasteiger partial charge on any atom is 0.341 e. The predicted molar refractivity (Wildman–Crippen MR) is 111 cm³/mol. The molecule has 0 radical (unpaired) electrons. The number of hydrogen-bond acceptors (Lipinski definition) is 5. The zero-order chi connectivity index (χ0) is 21.4. The van der Waals surface area contributed by atoms with Gasteiger partial charge in [0.25, 0.3) is 5.91 Å². The fourth-order valence-corrected chi connectivity index (χ4v) is 2.89. The van der Waals surface area contributed by atoms with Crippen molar-refractivity contribution in [3.05, 3.63) is 102 Å². The van der Waals surface area contributed by atoms with E-state index in [0.29, 0.717) is 22.4 Å². The Kier molecular flexibility index (Phi) is 6.56. The van der Waals surface area contributed by atoms with Crippen LogP contribution < -0.4 is 10.2 Å². The largest absolute Gasteiger partial charge is 0.481 e. The molecule has 0 aromatic heterocycles. The van der Waals surface area contributed by atoms with E-state index < -0.39 is 24.1 Å². The number of hydrazone groups is 1. The van der Waals surface area contributed by atoms with Gasteiger partial charge in [-0.3, -0.25) is 4.79 Å². The summed E-state index contributed by atoms with van der Waals surface area (Å²) in [5.74, 6) is -1.54. The molecule has 0 saturated heterocycles. The van der Waals surface area contributed by atoms with E-state index in [1.54, 1.807) is 84.9 Å². The van der Waals surface area contributed by atoms with Crippen molar-refractivity contribution in [2.45, 2.75) is 5.60 Å². The molecule has 7 heteroatoms. The first-order chi connectivity index (χ1) is 14.5. The molecular weight excluding hydrogens is 384 g/mol. The van der Waals surface area contributed by atoms with Gasteiger partial charge in [0.1, 0.15) is 5.75 Å². The summed E-state index contributed by atoms with van der Waals surface area (Å²) in [6.07, 6.45) is 1.32. The minimum absolute atomic E-state index is 0.305. The Balaban J connectivity index is 1.84. The summed E-state index contributed by atoms with van der Waals surface area (Å²) in [4.78, 5) is 23.7. The Labute approximate surface area is 173 Å². The van der Waals surface area contributed by atoms with Crippen LogP contribution in [-0.2, 0) is 15.2 Å². The maximum atomic E-state index is 13.0. The van der Waals surface area contributed by atoms with Crippen LogP contribution in [0.2, 0.25) is 0 Å². The molecule has 0 saturated carbocycles. The second kappa shape index (κ2) is 9.49. The van der Waals surface area contributed by atoms with E-state index in [-0.39, 0.29) is 0 Å². The molecule has 3 rings (SSSR count). The first kappa shape index (κ1) is 20.8. The SMILES string of the molecule is O=C(O)COc1ccccc1C=NNC(=O)C(O)(c1ccccc1)c1ccccc1. The maximum absolute atomic E-state index is 13.0. The van der Waals surface area contributed by atoms with E-state index in [2.05, 4.69) is 10.5 Å². The van der Waals surface area contributed by atoms with Gasteiger partial charge in [-0.15, -0.1) is 0 Å². The lowest BCUT2D eigenvalue weighted by Crippen LogP contribution is -2.43. The number of aliphatic carboxylic acids is 1. The highest BCUT2D eigenvalue weighted by Crippen LogP contribution is 2.29. The topological polar surface area (TPSA) is 108 Å². The summed E-state index contributed by atoms with van der Waals surface area (Å²) >= 11 is 0. The van der Waals surface area contributed by atoms with Crippen molar-refractivity contribution in [1.82, 2.24) is 5.43 Å². The van der Waals surface area contributed by atoms with Gasteiger partial charge in [-0.1, -0.05) is 72.8 Å². The van der Waals surface area contributed by atoms with E-state index in [4.69, 9.17) is 9.84 Å². The normalized spacial score (nSPS) is 11.2. The van der Waals surface area contributed by atoms with Crippen LogP contribution in [0, 0.1) is 0 Å². The molecule has 152 valence electrons. The Morgan fingerprint density at radius 1 is 0.900 bits per heavy atom. The van der Waals surface area contributed by atoms with Crippen LogP contribution in [-0.4, -0.2) is 34.9 Å². The number of carbonyl (C=O) groups is 2. The van der Waals surface area contributed by atoms with Gasteiger partial charge in [-0.2, -0.15) is 5.10 Å². The minimum Gasteiger partial charge on any atom is -0.481 e. The molecule has 0 atom stereocenters. The molecule has 0 heterocycles. The summed E-state index contributed by atoms with van der Waals surface area (Å²) in [7, 11) is 0. The third-order valence-electron chi connectivity index (χ3n) is 4.35. The predicted octanol–water partition coefficient (Wildman–Crippen LogP) is 2.54. The number of ether oxygens (including phenoxy) is 1. The fourth-order valence-electron chi connectivity index (χ4n) is 2.89. The summed E-state index contributed by atoms with van der Waals surface area (Å²) in [6.45, 7) is -0.501. The first-order valence-electron chi connectivity index (χ1n) is 9.12. The Hall–Kier alpha value is -3.97. The van der Waals surface area contributed by atoms with Crippen LogP contribution in [0.3, 0.4) is 0 Å². The number of rotatable bonds is 8. The molecule has 0 spiro atoms. The number of carboxylic acids is 1. The molecule has 0 aliphatic heterocycles. The number of hydrogen-bond donors (Lipinski definition) is 3. The van der Waals surface area contributed by atoms with Gasteiger partial charge in [0.05, 0.1) is 6.21 Å². The number of benzene rings is 3. The molecule has 7 nitrogen and oxygen atoms in total. The van der Waals surface area contributed by atoms with Crippen LogP contribution in [0.4, 0.5) is 0 Å². The van der Waals surface area contributed by atoms with Crippen molar-refractivity contribution >= 4 is 18.1 Å². The highest BCUT2D eigenvalue weighted by molar-refractivity contribution is 5.91. The quantitative estimate of drug-likeness (QED) is 0.395. The number of nitrogens with zero attached hydrogens (tertiary/aromatic N) is 1. The summed E-state index contributed by atoms with van der Waals surface area (Å²) in [5, 5.41) is 24.1. The van der Waals surface area contributed by atoms with Crippen molar-refractivity contribution in [1.29, 1.82) is 0 Å². The highest BCUT2D eigenvalue weighted by Gasteiger charge is 2.39. The van der Waals surface area contributed by atoms with Crippen molar-refractivity contribution in [3.63, 3.8) is 0 Å². The standard InChI is InChI=1S/C23H20N2O5/c26-21(27)16-30-20-14-8-7-9-17(20)15-24-25-22(28)23(29,18-10-3-1-4-11-18)19-12-5-2-6-13-19/h1-15,29H,16H2,(H,25,28)(H,26,27). The summed E-state index contributed by atoms with van der Waals surface area (Å²) < 4.78 is 5.21. The van der Waals surface area contributed by atoms with Crippen LogP contribution in [0.5, 0.6) is 5.75 Å². The monoisotopic (exact) mass is 404 g/mol. The summed E-state index contributed by atoms with van der Waals surface area (Å²) in [6, 6.07) is 23.8. The molecule has 0 aliphatic carbocycles. The molecule has 3 aromatic rings. The second-order valence-electron chi connectivity index (χ2n) is 6.36. The van der Waals surface area contributed by atoms with Crippen LogP contribution in [0.15, 0.2) is 90.0 Å². The molecule has 30 heavy (non-hydrogen) atoms. The lowest BCUT2D eigenvalue weighted by atomic mass is 9.85. The molecule has 3 aromatic carbocycles. The van der Waals surface area contributed by atoms with Crippen LogP contribution >= 0.6 is 0 Å². The highest BCUT2D eigenvalue weighted by atomic mass is 16.5. The average Bonchev–Trinajstić information content (AvgIpc) is 2.79. The van der Waals surface area contributed by atoms with E-state index in [1.165, 1.54) is 6.21 Å². The molecule has 0 aliphatic rings. The van der Waals surface area contributed by atoms with Gasteiger partial charge in [0.2, 0.25) is 0 Å². The zero-order valence-corrected chi connectivity index (χ0v) is 15.9. The van der Waals surface area contributed by atoms with Crippen molar-refractivity contribution in [3.8, 4) is 5.75 Å². The minimum atomic E-state index is -1.95. The van der Waals surface area contributed by atoms with Gasteiger partial charge in [-0.25, -0.2) is 10.2 Å². The van der Waals surface area contributed by atoms with Gasteiger partial charge in [-0.05, 0) is 23.3 Å². The Bertz CT molecular complexity index is 996. The first-order valence-corrected chi connectivity index (χ1v) is 9.12. The number of nitrogens with one attached hydrogen (secondary N) is 1. The molecule has 0 fully saturated rings. The Morgan fingerprint density at radius 3 is 2.00 bits per heavy atom. The van der Waals surface area contributed by atoms with Crippen LogP contribution in [0.1, 0.15) is 16.7 Å². The van der Waals surface area contributed by atoms with Gasteiger partial charge in [0, 0.05) is 5.56 Å². The molecule has 3 N–H and O–H groups in total. The Morgan fingerprint density at radius 2 is 1.43 bits per heavy atom. The lowest BCUT2D eigenvalue weighted by molar-refractivity contribution is -0.139. The van der Waals surface area contributed by atoms with Gasteiger partial charge >= 0.3 is 5.97 Å². The van der Waals surface area contributed by atoms with E-state index in [9.17, 15) is 14.7 Å². The zero-order valence-electron chi connectivity index (χ0n) is 15.9. The number of aliphatic hydroxyl groups is 1. The number of carbonyl (C=O) groups excluding carboxylic acids is 1. The van der Waals surface area contributed by atoms with Gasteiger partial charge in [0.15, 0.2) is 12.2 Å². The van der Waals surface area contributed by atoms with E-state index >= 15 is 0 Å². The second-order valence-corrected chi connectivity index (χ2v) is 6.36. The van der Waals surface area contributed by atoms with E-state index in [1.807, 2.05) is 0 Å². The van der Waals surface area contributed by atoms with Crippen LogP contribution in [0.25, 0.3) is 0 Å². The third kappa shape index (κ3) is 4.71. The van der Waals surface area contributed by atoms with E-state index in [0.717, 1.165) is 0 Å². The smallest absolute Gasteiger partial charge is 0.341 e. The lowest BCUT2D eigenvalue weighted by Gasteiger charge is -2.27.